The molecule has 0 saturated heterocycles. The summed E-state index contributed by atoms with van der Waals surface area (Å²) in [6, 6.07) is 1.70. The van der Waals surface area contributed by atoms with Crippen LogP contribution >= 0.6 is 0 Å². The molecule has 0 spiro atoms. The number of aromatic nitrogens is 1. The van der Waals surface area contributed by atoms with E-state index in [1.54, 1.807) is 12.3 Å². The van der Waals surface area contributed by atoms with Gasteiger partial charge in [-0.3, -0.25) is 15.1 Å². The highest BCUT2D eigenvalue weighted by Crippen LogP contribution is 2.35. The predicted octanol–water partition coefficient (Wildman–Crippen LogP) is 4.15. The lowest BCUT2D eigenvalue weighted by Crippen LogP contribution is -2.25. The highest BCUT2D eigenvalue weighted by atomic mass is 28.4. The highest BCUT2D eigenvalue weighted by Gasteiger charge is 2.24. The fourth-order valence-corrected chi connectivity index (χ4v) is 3.21. The number of nitro groups is 1. The average molecular weight is 304 g/mol. The monoisotopic (exact) mass is 304 g/mol. The summed E-state index contributed by atoms with van der Waals surface area (Å²) in [5.74, 6) is 1.12. The maximum atomic E-state index is 11.2. The normalized spacial score (nSPS) is 18.8. The standard InChI is InChI=1S/C15H20N2O3Si/c1-11-7-12(9-13(8-11)20-21(2,3)4)14-5-6-16-10-15(14)17(18)19/h5-6,8-11H,7H2,1-4H3/t11-/m1/s1. The van der Waals surface area contributed by atoms with Gasteiger partial charge in [0.25, 0.3) is 5.69 Å². The van der Waals surface area contributed by atoms with Gasteiger partial charge in [0.2, 0.25) is 8.32 Å². The lowest BCUT2D eigenvalue weighted by molar-refractivity contribution is -0.385. The van der Waals surface area contributed by atoms with Crippen LogP contribution in [0.25, 0.3) is 5.57 Å². The molecule has 1 aromatic rings. The minimum absolute atomic E-state index is 0.0465. The van der Waals surface area contributed by atoms with E-state index < -0.39 is 8.32 Å². The van der Waals surface area contributed by atoms with Crippen LogP contribution in [0, 0.1) is 16.0 Å². The number of rotatable bonds is 4. The first-order valence-corrected chi connectivity index (χ1v) is 10.4. The van der Waals surface area contributed by atoms with Gasteiger partial charge in [-0.15, -0.1) is 0 Å². The van der Waals surface area contributed by atoms with E-state index >= 15 is 0 Å². The Morgan fingerprint density at radius 1 is 1.43 bits per heavy atom. The van der Waals surface area contributed by atoms with Crippen LogP contribution in [0.3, 0.4) is 0 Å². The van der Waals surface area contributed by atoms with Crippen molar-refractivity contribution in [2.24, 2.45) is 5.92 Å². The van der Waals surface area contributed by atoms with Crippen LogP contribution in [0.5, 0.6) is 0 Å². The molecule has 5 nitrogen and oxygen atoms in total. The van der Waals surface area contributed by atoms with Gasteiger partial charge in [0.05, 0.1) is 16.2 Å². The van der Waals surface area contributed by atoms with Crippen LogP contribution in [-0.2, 0) is 4.43 Å². The molecule has 0 bridgehead atoms. The van der Waals surface area contributed by atoms with Gasteiger partial charge in [-0.2, -0.15) is 0 Å². The molecule has 1 heterocycles. The molecule has 0 amide bonds. The summed E-state index contributed by atoms with van der Waals surface area (Å²) < 4.78 is 6.04. The zero-order valence-corrected chi connectivity index (χ0v) is 13.8. The van der Waals surface area contributed by atoms with Crippen LogP contribution in [0.1, 0.15) is 18.9 Å². The van der Waals surface area contributed by atoms with Crippen LogP contribution in [-0.4, -0.2) is 18.2 Å². The molecule has 0 aromatic carbocycles. The fraction of sp³-hybridized carbons (Fsp3) is 0.400. The zero-order valence-electron chi connectivity index (χ0n) is 12.8. The molecule has 112 valence electrons. The summed E-state index contributed by atoms with van der Waals surface area (Å²) >= 11 is 0. The first-order valence-electron chi connectivity index (χ1n) is 6.96. The van der Waals surface area contributed by atoms with Crippen molar-refractivity contribution >= 4 is 19.6 Å². The summed E-state index contributed by atoms with van der Waals surface area (Å²) in [4.78, 5) is 14.6. The molecule has 2 rings (SSSR count). The molecular weight excluding hydrogens is 284 g/mol. The minimum Gasteiger partial charge on any atom is -0.545 e. The Morgan fingerprint density at radius 2 is 2.14 bits per heavy atom. The Balaban J connectivity index is 2.40. The lowest BCUT2D eigenvalue weighted by atomic mass is 9.90. The van der Waals surface area contributed by atoms with Crippen LogP contribution in [0.15, 0.2) is 36.4 Å². The van der Waals surface area contributed by atoms with Crippen LogP contribution in [0.2, 0.25) is 19.6 Å². The molecule has 0 aliphatic heterocycles. The second kappa shape index (κ2) is 5.81. The van der Waals surface area contributed by atoms with Gasteiger partial charge in [-0.1, -0.05) is 6.92 Å². The molecule has 0 radical (unpaired) electrons. The van der Waals surface area contributed by atoms with Gasteiger partial charge in [-0.25, -0.2) is 0 Å². The Bertz CT molecular complexity index is 618. The largest absolute Gasteiger partial charge is 0.545 e. The molecule has 21 heavy (non-hydrogen) atoms. The summed E-state index contributed by atoms with van der Waals surface area (Å²) in [6.45, 7) is 8.45. The predicted molar refractivity (Wildman–Crippen MR) is 85.2 cm³/mol. The molecule has 0 saturated carbocycles. The van der Waals surface area contributed by atoms with Crippen molar-refractivity contribution in [3.63, 3.8) is 0 Å². The first kappa shape index (κ1) is 15.4. The molecule has 0 N–H and O–H groups in total. The van der Waals surface area contributed by atoms with Crippen molar-refractivity contribution in [3.8, 4) is 0 Å². The molecule has 1 aliphatic carbocycles. The second-order valence-electron chi connectivity index (χ2n) is 6.28. The van der Waals surface area contributed by atoms with Gasteiger partial charge < -0.3 is 4.43 Å². The van der Waals surface area contributed by atoms with E-state index in [4.69, 9.17) is 4.43 Å². The van der Waals surface area contributed by atoms with Crippen LogP contribution in [0.4, 0.5) is 5.69 Å². The third-order valence-corrected chi connectivity index (χ3v) is 3.92. The Kier molecular flexibility index (Phi) is 4.27. The van der Waals surface area contributed by atoms with Crippen molar-refractivity contribution < 1.29 is 9.35 Å². The number of nitrogens with zero attached hydrogens (tertiary/aromatic N) is 2. The third kappa shape index (κ3) is 4.01. The van der Waals surface area contributed by atoms with E-state index in [1.165, 1.54) is 6.20 Å². The summed E-state index contributed by atoms with van der Waals surface area (Å²) in [5, 5.41) is 11.2. The second-order valence-corrected chi connectivity index (χ2v) is 10.7. The van der Waals surface area contributed by atoms with Gasteiger partial charge >= 0.3 is 0 Å². The molecule has 1 atom stereocenters. The van der Waals surface area contributed by atoms with E-state index in [0.717, 1.165) is 17.8 Å². The van der Waals surface area contributed by atoms with Crippen LogP contribution < -0.4 is 0 Å². The molecule has 0 unspecified atom stereocenters. The Hall–Kier alpha value is -1.95. The third-order valence-electron chi connectivity index (χ3n) is 3.07. The van der Waals surface area contributed by atoms with Crippen molar-refractivity contribution in [2.45, 2.75) is 33.0 Å². The topological polar surface area (TPSA) is 65.3 Å². The van der Waals surface area contributed by atoms with Crippen molar-refractivity contribution in [1.29, 1.82) is 0 Å². The lowest BCUT2D eigenvalue weighted by Gasteiger charge is -2.25. The number of pyridine rings is 1. The first-order chi connectivity index (χ1) is 9.76. The summed E-state index contributed by atoms with van der Waals surface area (Å²) in [7, 11) is -1.70. The smallest absolute Gasteiger partial charge is 0.294 e. The molecule has 1 aliphatic rings. The summed E-state index contributed by atoms with van der Waals surface area (Å²) in [5.41, 5.74) is 1.61. The van der Waals surface area contributed by atoms with E-state index in [-0.39, 0.29) is 10.6 Å². The Morgan fingerprint density at radius 3 is 2.76 bits per heavy atom. The van der Waals surface area contributed by atoms with Gasteiger partial charge in [0.1, 0.15) is 6.20 Å². The highest BCUT2D eigenvalue weighted by molar-refractivity contribution is 6.70. The Labute approximate surface area is 125 Å². The van der Waals surface area contributed by atoms with E-state index in [2.05, 4.69) is 37.6 Å². The molecular formula is C15H20N2O3Si. The summed E-state index contributed by atoms with van der Waals surface area (Å²) in [6.07, 6.45) is 7.68. The fourth-order valence-electron chi connectivity index (χ4n) is 2.37. The quantitative estimate of drug-likeness (QED) is 0.476. The SMILES string of the molecule is C[C@H]1C=C(O[Si](C)(C)C)C=C(c2ccncc2[N+](=O)[O-])C1. The number of hydrogen-bond donors (Lipinski definition) is 0. The molecule has 0 fully saturated rings. The van der Waals surface area contributed by atoms with Gasteiger partial charge in [0, 0.05) is 6.20 Å². The van der Waals surface area contributed by atoms with Crippen molar-refractivity contribution in [1.82, 2.24) is 4.98 Å². The van der Waals surface area contributed by atoms with Crippen molar-refractivity contribution in [2.75, 3.05) is 0 Å². The van der Waals surface area contributed by atoms with Crippen molar-refractivity contribution in [3.05, 3.63) is 52.0 Å². The molecule has 6 heteroatoms. The molecule has 1 aromatic heterocycles. The maximum Gasteiger partial charge on any atom is 0.294 e. The van der Waals surface area contributed by atoms with E-state index in [1.807, 2.05) is 6.08 Å². The number of allylic oxidation sites excluding steroid dienone is 3. The van der Waals surface area contributed by atoms with Gasteiger partial charge in [-0.05, 0) is 55.8 Å². The van der Waals surface area contributed by atoms with E-state index in [9.17, 15) is 10.1 Å². The number of hydrogen-bond acceptors (Lipinski definition) is 4. The zero-order chi connectivity index (χ0) is 15.6. The maximum absolute atomic E-state index is 11.2. The van der Waals surface area contributed by atoms with Gasteiger partial charge in [0.15, 0.2) is 0 Å². The van der Waals surface area contributed by atoms with E-state index in [0.29, 0.717) is 11.5 Å². The average Bonchev–Trinajstić information content (AvgIpc) is 2.35. The minimum atomic E-state index is -1.70.